The molecular formula is C9H14F3N5O2. The van der Waals surface area contributed by atoms with Crippen LogP contribution in [0.2, 0.25) is 0 Å². The number of ether oxygens (including phenoxy) is 1. The van der Waals surface area contributed by atoms with Gasteiger partial charge in [0.15, 0.2) is 0 Å². The highest BCUT2D eigenvalue weighted by atomic mass is 19.4. The van der Waals surface area contributed by atoms with Crippen LogP contribution in [0.1, 0.15) is 5.82 Å². The van der Waals surface area contributed by atoms with Crippen molar-refractivity contribution in [3.63, 3.8) is 0 Å². The molecule has 0 amide bonds. The van der Waals surface area contributed by atoms with E-state index in [0.717, 1.165) is 0 Å². The Kier molecular flexibility index (Phi) is 5.27. The Morgan fingerprint density at radius 2 is 2.05 bits per heavy atom. The second-order valence-electron chi connectivity index (χ2n) is 3.59. The van der Waals surface area contributed by atoms with Gasteiger partial charge in [-0.1, -0.05) is 0 Å². The zero-order chi connectivity index (χ0) is 14.5. The number of aromatic nitrogens is 2. The molecule has 1 aromatic rings. The van der Waals surface area contributed by atoms with Gasteiger partial charge in [-0.15, -0.1) is 0 Å². The average molecular weight is 281 g/mol. The number of hydrogen-bond acceptors (Lipinski definition) is 7. The number of nitrogens with one attached hydrogen (secondary N) is 2. The molecule has 0 saturated carbocycles. The Morgan fingerprint density at radius 1 is 1.42 bits per heavy atom. The quantitative estimate of drug-likeness (QED) is 0.436. The number of hydrogen-bond donors (Lipinski definition) is 4. The van der Waals surface area contributed by atoms with Crippen molar-refractivity contribution >= 4 is 11.6 Å². The predicted molar refractivity (Wildman–Crippen MR) is 61.2 cm³/mol. The summed E-state index contributed by atoms with van der Waals surface area (Å²) in [6, 6.07) is 1.19. The van der Waals surface area contributed by atoms with Crippen LogP contribution in [0.3, 0.4) is 0 Å². The van der Waals surface area contributed by atoms with Crippen molar-refractivity contribution in [1.29, 1.82) is 0 Å². The van der Waals surface area contributed by atoms with E-state index in [4.69, 9.17) is 5.84 Å². The number of alkyl halides is 3. The van der Waals surface area contributed by atoms with E-state index in [1.807, 2.05) is 5.43 Å². The number of methoxy groups -OCH3 is 1. The number of nitrogen functional groups attached to an aromatic ring is 1. The number of hydrazine groups is 1. The molecule has 0 radical (unpaired) electrons. The number of nitrogens with zero attached hydrogens (tertiary/aromatic N) is 2. The van der Waals surface area contributed by atoms with E-state index in [0.29, 0.717) is 0 Å². The number of aliphatic hydroxyl groups is 1. The number of anilines is 2. The molecule has 0 bridgehead atoms. The molecule has 1 atom stereocenters. The fourth-order valence-corrected chi connectivity index (χ4v) is 1.21. The van der Waals surface area contributed by atoms with E-state index >= 15 is 0 Å². The number of aliphatic hydroxyl groups excluding tert-OH is 1. The van der Waals surface area contributed by atoms with E-state index < -0.39 is 18.1 Å². The number of nitrogens with two attached hydrogens (primary N) is 1. The van der Waals surface area contributed by atoms with Crippen molar-refractivity contribution in [2.75, 3.05) is 31.0 Å². The molecule has 0 fully saturated rings. The fraction of sp³-hybridized carbons (Fsp3) is 0.556. The molecule has 10 heteroatoms. The maximum atomic E-state index is 12.5. The zero-order valence-electron chi connectivity index (χ0n) is 10.0. The summed E-state index contributed by atoms with van der Waals surface area (Å²) in [6.07, 6.45) is -5.56. The van der Waals surface area contributed by atoms with Crippen LogP contribution >= 0.6 is 0 Å². The third-order valence-corrected chi connectivity index (χ3v) is 2.01. The average Bonchev–Trinajstić information content (AvgIpc) is 2.35. The highest BCUT2D eigenvalue weighted by Crippen LogP contribution is 2.28. The maximum Gasteiger partial charge on any atom is 0.451 e. The third-order valence-electron chi connectivity index (χ3n) is 2.01. The molecule has 1 heterocycles. The Balaban J connectivity index is 2.83. The minimum absolute atomic E-state index is 0.0217. The van der Waals surface area contributed by atoms with Gasteiger partial charge in [-0.25, -0.2) is 15.8 Å². The lowest BCUT2D eigenvalue weighted by Crippen LogP contribution is -2.25. The molecule has 1 aromatic heterocycles. The minimum atomic E-state index is -4.69. The summed E-state index contributed by atoms with van der Waals surface area (Å²) >= 11 is 0. The van der Waals surface area contributed by atoms with Crippen molar-refractivity contribution in [3.8, 4) is 0 Å². The van der Waals surface area contributed by atoms with Gasteiger partial charge in [0.25, 0.3) is 0 Å². The molecule has 0 aliphatic heterocycles. The van der Waals surface area contributed by atoms with Gasteiger partial charge in [0.1, 0.15) is 11.6 Å². The van der Waals surface area contributed by atoms with Gasteiger partial charge in [0.2, 0.25) is 5.82 Å². The van der Waals surface area contributed by atoms with Crippen molar-refractivity contribution in [3.05, 3.63) is 11.9 Å². The molecule has 5 N–H and O–H groups in total. The summed E-state index contributed by atoms with van der Waals surface area (Å²) < 4.78 is 42.2. The van der Waals surface area contributed by atoms with E-state index in [2.05, 4.69) is 20.0 Å². The lowest BCUT2D eigenvalue weighted by Gasteiger charge is -2.13. The summed E-state index contributed by atoms with van der Waals surface area (Å²) in [7, 11) is 1.39. The lowest BCUT2D eigenvalue weighted by atomic mass is 10.3. The number of rotatable bonds is 6. The van der Waals surface area contributed by atoms with Crippen LogP contribution in [0.15, 0.2) is 6.07 Å². The molecular weight excluding hydrogens is 267 g/mol. The van der Waals surface area contributed by atoms with Gasteiger partial charge in [-0.2, -0.15) is 13.2 Å². The largest absolute Gasteiger partial charge is 0.451 e. The molecule has 1 unspecified atom stereocenters. The maximum absolute atomic E-state index is 12.5. The normalized spacial score (nSPS) is 13.2. The third kappa shape index (κ3) is 4.85. The van der Waals surface area contributed by atoms with E-state index in [1.165, 1.54) is 13.2 Å². The van der Waals surface area contributed by atoms with Crippen molar-refractivity contribution in [2.24, 2.45) is 5.84 Å². The SMILES string of the molecule is COCC(O)CNc1cc(NN)nc(C(F)(F)F)n1. The molecule has 0 saturated heterocycles. The monoisotopic (exact) mass is 281 g/mol. The highest BCUT2D eigenvalue weighted by Gasteiger charge is 2.35. The van der Waals surface area contributed by atoms with Crippen LogP contribution in [-0.4, -0.2) is 41.4 Å². The minimum Gasteiger partial charge on any atom is -0.389 e. The summed E-state index contributed by atoms with van der Waals surface area (Å²) in [5.74, 6) is 3.41. The van der Waals surface area contributed by atoms with Crippen LogP contribution in [0.5, 0.6) is 0 Å². The van der Waals surface area contributed by atoms with E-state index in [1.54, 1.807) is 0 Å². The van der Waals surface area contributed by atoms with Gasteiger partial charge in [-0.05, 0) is 0 Å². The highest BCUT2D eigenvalue weighted by molar-refractivity contribution is 5.47. The van der Waals surface area contributed by atoms with Gasteiger partial charge in [0, 0.05) is 19.7 Å². The molecule has 7 nitrogen and oxygen atoms in total. The summed E-state index contributed by atoms with van der Waals surface area (Å²) in [5, 5.41) is 11.9. The smallest absolute Gasteiger partial charge is 0.389 e. The first-order valence-corrected chi connectivity index (χ1v) is 5.20. The first-order valence-electron chi connectivity index (χ1n) is 5.20. The van der Waals surface area contributed by atoms with Crippen LogP contribution < -0.4 is 16.6 Å². The second-order valence-corrected chi connectivity index (χ2v) is 3.59. The molecule has 0 aliphatic carbocycles. The lowest BCUT2D eigenvalue weighted by molar-refractivity contribution is -0.144. The van der Waals surface area contributed by atoms with Gasteiger partial charge < -0.3 is 20.6 Å². The zero-order valence-corrected chi connectivity index (χ0v) is 10.0. The Labute approximate surface area is 107 Å². The molecule has 0 aliphatic rings. The molecule has 0 spiro atoms. The van der Waals surface area contributed by atoms with Crippen molar-refractivity contribution < 1.29 is 23.0 Å². The van der Waals surface area contributed by atoms with Crippen molar-refractivity contribution in [2.45, 2.75) is 12.3 Å². The van der Waals surface area contributed by atoms with Crippen molar-refractivity contribution in [1.82, 2.24) is 9.97 Å². The van der Waals surface area contributed by atoms with Gasteiger partial charge >= 0.3 is 6.18 Å². The summed E-state index contributed by atoms with van der Waals surface area (Å²) in [4.78, 5) is 6.48. The second kappa shape index (κ2) is 6.50. The van der Waals surface area contributed by atoms with Gasteiger partial charge in [0.05, 0.1) is 12.7 Å². The summed E-state index contributed by atoms with van der Waals surface area (Å²) in [6.45, 7) is 0.0262. The predicted octanol–water partition coefficient (Wildman–Crippen LogP) is 0.200. The Morgan fingerprint density at radius 3 is 2.58 bits per heavy atom. The molecule has 0 aromatic carbocycles. The van der Waals surface area contributed by atoms with E-state index in [9.17, 15) is 18.3 Å². The van der Waals surface area contributed by atoms with Gasteiger partial charge in [-0.3, -0.25) is 0 Å². The van der Waals surface area contributed by atoms with Crippen LogP contribution in [0, 0.1) is 0 Å². The topological polar surface area (TPSA) is 105 Å². The first kappa shape index (κ1) is 15.4. The molecule has 1 rings (SSSR count). The standard InChI is InChI=1S/C9H14F3N5O2/c1-19-4-5(18)3-14-6-2-7(17-13)16-8(15-6)9(10,11)12/h2,5,18H,3-4,13H2,1H3,(H2,14,15,16,17). The Hall–Kier alpha value is -1.65. The van der Waals surface area contributed by atoms with E-state index in [-0.39, 0.29) is 24.8 Å². The Bertz CT molecular complexity index is 415. The fourth-order valence-electron chi connectivity index (χ4n) is 1.21. The van der Waals surface area contributed by atoms with Crippen LogP contribution in [0.4, 0.5) is 24.8 Å². The first-order chi connectivity index (χ1) is 8.86. The number of halogens is 3. The summed E-state index contributed by atoms with van der Waals surface area (Å²) in [5.41, 5.74) is 2.01. The molecule has 19 heavy (non-hydrogen) atoms. The van der Waals surface area contributed by atoms with Crippen LogP contribution in [-0.2, 0) is 10.9 Å². The molecule has 108 valence electrons. The van der Waals surface area contributed by atoms with Crippen LogP contribution in [0.25, 0.3) is 0 Å².